The predicted molar refractivity (Wildman–Crippen MR) is 101 cm³/mol. The average Bonchev–Trinajstić information content (AvgIpc) is 2.74. The van der Waals surface area contributed by atoms with E-state index < -0.39 is 11.9 Å². The van der Waals surface area contributed by atoms with Crippen LogP contribution in [-0.4, -0.2) is 58.5 Å². The minimum Gasteiger partial charge on any atom is -0.462 e. The molecule has 8 heteroatoms. The fourth-order valence-electron chi connectivity index (χ4n) is 2.32. The van der Waals surface area contributed by atoms with E-state index in [-0.39, 0.29) is 26.4 Å². The molecular weight excluding hydrogens is 364 g/mol. The zero-order valence-electron chi connectivity index (χ0n) is 15.5. The summed E-state index contributed by atoms with van der Waals surface area (Å²) >= 11 is 0. The fraction of sp³-hybridized carbons (Fsp3) is 0.400. The Kier molecular flexibility index (Phi) is 9.03. The van der Waals surface area contributed by atoms with Crippen LogP contribution < -0.4 is 0 Å². The SMILES string of the molecule is O=C(OCCCCO)c1ccnc(-c2cc(C(=O)OCCCCO)ccn2)c1. The Morgan fingerprint density at radius 1 is 0.750 bits per heavy atom. The third-order valence-corrected chi connectivity index (χ3v) is 3.82. The van der Waals surface area contributed by atoms with Crippen LogP contribution in [0.4, 0.5) is 0 Å². The van der Waals surface area contributed by atoms with Crippen molar-refractivity contribution in [3.8, 4) is 11.4 Å². The van der Waals surface area contributed by atoms with Gasteiger partial charge in [0.15, 0.2) is 0 Å². The van der Waals surface area contributed by atoms with Crippen LogP contribution in [0.1, 0.15) is 46.4 Å². The zero-order chi connectivity index (χ0) is 20.2. The fourth-order valence-corrected chi connectivity index (χ4v) is 2.32. The number of aliphatic hydroxyl groups excluding tert-OH is 2. The van der Waals surface area contributed by atoms with Crippen LogP contribution in [0.15, 0.2) is 36.7 Å². The maximum atomic E-state index is 12.1. The second kappa shape index (κ2) is 11.8. The molecule has 0 unspecified atom stereocenters. The van der Waals surface area contributed by atoms with Crippen LogP contribution in [0, 0.1) is 0 Å². The molecule has 150 valence electrons. The number of ether oxygens (including phenoxy) is 2. The molecule has 0 saturated carbocycles. The molecule has 0 aliphatic carbocycles. The highest BCUT2D eigenvalue weighted by atomic mass is 16.5. The molecule has 8 nitrogen and oxygen atoms in total. The molecule has 0 spiro atoms. The van der Waals surface area contributed by atoms with E-state index in [1.807, 2.05) is 0 Å². The normalized spacial score (nSPS) is 10.5. The first-order valence-electron chi connectivity index (χ1n) is 9.14. The standard InChI is InChI=1S/C20H24N2O6/c23-9-1-3-11-27-19(25)15-5-7-21-17(13-15)18-14-16(6-8-22-18)20(26)28-12-4-2-10-24/h5-8,13-14,23-24H,1-4,9-12H2. The van der Waals surface area contributed by atoms with Gasteiger partial charge in [0.2, 0.25) is 0 Å². The second-order valence-electron chi connectivity index (χ2n) is 5.99. The quantitative estimate of drug-likeness (QED) is 0.443. The average molecular weight is 388 g/mol. The van der Waals surface area contributed by atoms with Gasteiger partial charge in [-0.05, 0) is 49.9 Å². The lowest BCUT2D eigenvalue weighted by molar-refractivity contribution is 0.0483. The Morgan fingerprint density at radius 2 is 1.18 bits per heavy atom. The molecule has 0 fully saturated rings. The van der Waals surface area contributed by atoms with Crippen molar-refractivity contribution in [1.82, 2.24) is 9.97 Å². The Bertz CT molecular complexity index is 715. The zero-order valence-corrected chi connectivity index (χ0v) is 15.5. The highest BCUT2D eigenvalue weighted by molar-refractivity contribution is 5.92. The maximum Gasteiger partial charge on any atom is 0.338 e. The van der Waals surface area contributed by atoms with Crippen LogP contribution >= 0.6 is 0 Å². The molecule has 0 aromatic carbocycles. The van der Waals surface area contributed by atoms with Crippen LogP contribution in [0.2, 0.25) is 0 Å². The lowest BCUT2D eigenvalue weighted by atomic mass is 10.1. The second-order valence-corrected chi connectivity index (χ2v) is 5.99. The maximum absolute atomic E-state index is 12.1. The molecule has 0 aliphatic heterocycles. The molecule has 0 amide bonds. The topological polar surface area (TPSA) is 119 Å². The highest BCUT2D eigenvalue weighted by Gasteiger charge is 2.13. The van der Waals surface area contributed by atoms with Crippen LogP contribution in [-0.2, 0) is 9.47 Å². The number of hydrogen-bond donors (Lipinski definition) is 2. The van der Waals surface area contributed by atoms with Gasteiger partial charge < -0.3 is 19.7 Å². The smallest absolute Gasteiger partial charge is 0.338 e. The van der Waals surface area contributed by atoms with E-state index in [9.17, 15) is 9.59 Å². The van der Waals surface area contributed by atoms with E-state index in [4.69, 9.17) is 19.7 Å². The number of unbranched alkanes of at least 4 members (excludes halogenated alkanes) is 2. The van der Waals surface area contributed by atoms with E-state index >= 15 is 0 Å². The predicted octanol–water partition coefficient (Wildman–Crippen LogP) is 2.00. The molecule has 28 heavy (non-hydrogen) atoms. The number of aromatic nitrogens is 2. The molecular formula is C20H24N2O6. The number of carbonyl (C=O) groups is 2. The minimum absolute atomic E-state index is 0.0584. The molecule has 2 rings (SSSR count). The van der Waals surface area contributed by atoms with E-state index in [2.05, 4.69) is 9.97 Å². The van der Waals surface area contributed by atoms with E-state index in [1.54, 1.807) is 12.1 Å². The first-order chi connectivity index (χ1) is 13.7. The first-order valence-corrected chi connectivity index (χ1v) is 9.14. The van der Waals surface area contributed by atoms with Crippen LogP contribution in [0.25, 0.3) is 11.4 Å². The lowest BCUT2D eigenvalue weighted by Gasteiger charge is -2.07. The summed E-state index contributed by atoms with van der Waals surface area (Å²) in [6.45, 7) is 0.575. The molecule has 2 aromatic heterocycles. The van der Waals surface area contributed by atoms with Gasteiger partial charge in [-0.15, -0.1) is 0 Å². The summed E-state index contributed by atoms with van der Waals surface area (Å²) in [6, 6.07) is 6.18. The van der Waals surface area contributed by atoms with Crippen molar-refractivity contribution in [1.29, 1.82) is 0 Å². The van der Waals surface area contributed by atoms with Crippen molar-refractivity contribution in [2.24, 2.45) is 0 Å². The van der Waals surface area contributed by atoms with E-state index in [0.717, 1.165) is 0 Å². The van der Waals surface area contributed by atoms with Gasteiger partial charge >= 0.3 is 11.9 Å². The monoisotopic (exact) mass is 388 g/mol. The van der Waals surface area contributed by atoms with Gasteiger partial charge in [-0.2, -0.15) is 0 Å². The summed E-state index contributed by atoms with van der Waals surface area (Å²) in [7, 11) is 0. The first kappa shape index (κ1) is 21.5. The Morgan fingerprint density at radius 3 is 1.57 bits per heavy atom. The van der Waals surface area contributed by atoms with Crippen molar-refractivity contribution >= 4 is 11.9 Å². The molecule has 2 aromatic rings. The highest BCUT2D eigenvalue weighted by Crippen LogP contribution is 2.18. The molecule has 2 N–H and O–H groups in total. The third kappa shape index (κ3) is 6.71. The summed E-state index contributed by atoms with van der Waals surface area (Å²) < 4.78 is 10.3. The summed E-state index contributed by atoms with van der Waals surface area (Å²) in [5.41, 5.74) is 1.51. The molecule has 2 heterocycles. The summed E-state index contributed by atoms with van der Waals surface area (Å²) in [5.74, 6) is -0.970. The van der Waals surface area contributed by atoms with Crippen molar-refractivity contribution in [3.63, 3.8) is 0 Å². The summed E-state index contributed by atoms with van der Waals surface area (Å²) in [6.07, 6.45) is 5.26. The van der Waals surface area contributed by atoms with Crippen LogP contribution in [0.5, 0.6) is 0 Å². The number of aliphatic hydroxyl groups is 2. The van der Waals surface area contributed by atoms with Gasteiger partial charge in [-0.1, -0.05) is 0 Å². The molecule has 0 radical (unpaired) electrons. The molecule has 0 aliphatic rings. The number of hydrogen-bond acceptors (Lipinski definition) is 8. The largest absolute Gasteiger partial charge is 0.462 e. The Hall–Kier alpha value is -2.84. The van der Waals surface area contributed by atoms with E-state index in [0.29, 0.717) is 48.2 Å². The number of nitrogens with zero attached hydrogens (tertiary/aromatic N) is 2. The van der Waals surface area contributed by atoms with Crippen molar-refractivity contribution in [2.75, 3.05) is 26.4 Å². The van der Waals surface area contributed by atoms with E-state index in [1.165, 1.54) is 24.5 Å². The summed E-state index contributed by atoms with van der Waals surface area (Å²) in [4.78, 5) is 32.6. The van der Waals surface area contributed by atoms with Crippen molar-refractivity contribution in [3.05, 3.63) is 47.8 Å². The molecule has 0 atom stereocenters. The molecule has 0 bridgehead atoms. The molecule has 0 saturated heterocycles. The summed E-state index contributed by atoms with van der Waals surface area (Å²) in [5, 5.41) is 17.5. The Labute approximate surface area is 163 Å². The lowest BCUT2D eigenvalue weighted by Crippen LogP contribution is -2.08. The van der Waals surface area contributed by atoms with Gasteiger partial charge in [0.05, 0.1) is 35.7 Å². The van der Waals surface area contributed by atoms with Gasteiger partial charge in [0.25, 0.3) is 0 Å². The number of rotatable bonds is 11. The minimum atomic E-state index is -0.485. The number of esters is 2. The van der Waals surface area contributed by atoms with Gasteiger partial charge in [-0.25, -0.2) is 9.59 Å². The number of pyridine rings is 2. The van der Waals surface area contributed by atoms with Crippen molar-refractivity contribution < 1.29 is 29.3 Å². The van der Waals surface area contributed by atoms with Gasteiger partial charge in [-0.3, -0.25) is 9.97 Å². The Balaban J connectivity index is 2.05. The van der Waals surface area contributed by atoms with Crippen molar-refractivity contribution in [2.45, 2.75) is 25.7 Å². The van der Waals surface area contributed by atoms with Gasteiger partial charge in [0, 0.05) is 25.6 Å². The van der Waals surface area contributed by atoms with Gasteiger partial charge in [0.1, 0.15) is 0 Å². The number of carbonyl (C=O) groups excluding carboxylic acids is 2. The van der Waals surface area contributed by atoms with Crippen LogP contribution in [0.3, 0.4) is 0 Å². The third-order valence-electron chi connectivity index (χ3n) is 3.82.